The third kappa shape index (κ3) is 2.40. The molecule has 2 N–H and O–H groups in total. The molecule has 0 atom stereocenters. The summed E-state index contributed by atoms with van der Waals surface area (Å²) in [4.78, 5) is 11.8. The van der Waals surface area contributed by atoms with Gasteiger partial charge in [-0.05, 0) is 36.8 Å². The number of halogens is 1. The molecule has 0 aromatic heterocycles. The molecule has 1 aliphatic rings. The second-order valence-electron chi connectivity index (χ2n) is 4.67. The van der Waals surface area contributed by atoms with Crippen molar-refractivity contribution in [2.45, 2.75) is 26.2 Å². The predicted molar refractivity (Wildman–Crippen MR) is 62.4 cm³/mol. The number of amides is 1. The normalized spacial score (nSPS) is 16.6. The first-order valence-corrected chi connectivity index (χ1v) is 5.84. The van der Waals surface area contributed by atoms with Crippen LogP contribution >= 0.6 is 0 Å². The average molecular weight is 237 g/mol. The molecule has 0 bridgehead atoms. The first-order chi connectivity index (χ1) is 8.08. The highest BCUT2D eigenvalue weighted by atomic mass is 19.1. The summed E-state index contributed by atoms with van der Waals surface area (Å²) in [6.07, 6.45) is 3.22. The molecule has 1 aromatic carbocycles. The zero-order valence-electron chi connectivity index (χ0n) is 9.79. The molecule has 1 amide bonds. The summed E-state index contributed by atoms with van der Waals surface area (Å²) in [5, 5.41) is 12.2. The number of nitrogens with one attached hydrogen (secondary N) is 1. The summed E-state index contributed by atoms with van der Waals surface area (Å²) in [7, 11) is 0. The average Bonchev–Trinajstić information content (AvgIpc) is 3.07. The third-order valence-corrected chi connectivity index (χ3v) is 3.55. The maximum absolute atomic E-state index is 13.4. The third-order valence-electron chi connectivity index (χ3n) is 3.55. The van der Waals surface area contributed by atoms with Gasteiger partial charge in [0.25, 0.3) is 5.91 Å². The minimum Gasteiger partial charge on any atom is -0.507 e. The molecule has 1 aromatic rings. The molecule has 1 saturated carbocycles. The molecule has 1 aliphatic carbocycles. The monoisotopic (exact) mass is 237 g/mol. The molecule has 0 spiro atoms. The zero-order valence-corrected chi connectivity index (χ0v) is 9.79. The number of carbonyl (C=O) groups excluding carboxylic acids is 1. The van der Waals surface area contributed by atoms with Crippen LogP contribution < -0.4 is 5.32 Å². The van der Waals surface area contributed by atoms with Crippen molar-refractivity contribution >= 4 is 5.91 Å². The van der Waals surface area contributed by atoms with Crippen molar-refractivity contribution in [3.8, 4) is 5.75 Å². The van der Waals surface area contributed by atoms with Crippen LogP contribution in [0.3, 0.4) is 0 Å². The molecule has 0 unspecified atom stereocenters. The van der Waals surface area contributed by atoms with E-state index in [4.69, 9.17) is 0 Å². The van der Waals surface area contributed by atoms with E-state index in [-0.39, 0.29) is 16.7 Å². The van der Waals surface area contributed by atoms with Gasteiger partial charge in [-0.1, -0.05) is 13.0 Å². The van der Waals surface area contributed by atoms with Crippen LogP contribution in [0.5, 0.6) is 5.75 Å². The van der Waals surface area contributed by atoms with Gasteiger partial charge in [0, 0.05) is 6.54 Å². The molecule has 4 heteroatoms. The Morgan fingerprint density at radius 3 is 2.76 bits per heavy atom. The Balaban J connectivity index is 2.05. The summed E-state index contributed by atoms with van der Waals surface area (Å²) >= 11 is 0. The lowest BCUT2D eigenvalue weighted by atomic mass is 10.0. The lowest BCUT2D eigenvalue weighted by molar-refractivity contribution is 0.0937. The number of phenolic OH excluding ortho intramolecular Hbond substituents is 1. The fourth-order valence-electron chi connectivity index (χ4n) is 1.93. The van der Waals surface area contributed by atoms with Crippen LogP contribution in [0.1, 0.15) is 36.5 Å². The van der Waals surface area contributed by atoms with Gasteiger partial charge < -0.3 is 10.4 Å². The number of carbonyl (C=O) groups is 1. The van der Waals surface area contributed by atoms with Gasteiger partial charge in [0.15, 0.2) is 0 Å². The highest BCUT2D eigenvalue weighted by molar-refractivity contribution is 5.97. The molecule has 0 saturated heterocycles. The van der Waals surface area contributed by atoms with Gasteiger partial charge in [-0.15, -0.1) is 0 Å². The van der Waals surface area contributed by atoms with Crippen molar-refractivity contribution in [1.29, 1.82) is 0 Å². The minimum absolute atomic E-state index is 0.205. The number of benzene rings is 1. The fourth-order valence-corrected chi connectivity index (χ4v) is 1.93. The van der Waals surface area contributed by atoms with Crippen molar-refractivity contribution in [3.63, 3.8) is 0 Å². The van der Waals surface area contributed by atoms with E-state index >= 15 is 0 Å². The lowest BCUT2D eigenvalue weighted by Crippen LogP contribution is -2.30. The largest absolute Gasteiger partial charge is 0.507 e. The topological polar surface area (TPSA) is 49.3 Å². The summed E-state index contributed by atoms with van der Waals surface area (Å²) in [5.74, 6) is -1.55. The molecule has 0 aliphatic heterocycles. The Kier molecular flexibility index (Phi) is 3.05. The van der Waals surface area contributed by atoms with Crippen LogP contribution in [-0.2, 0) is 0 Å². The quantitative estimate of drug-likeness (QED) is 0.845. The van der Waals surface area contributed by atoms with E-state index in [2.05, 4.69) is 12.2 Å². The summed E-state index contributed by atoms with van der Waals surface area (Å²) in [6, 6.07) is 3.85. The Morgan fingerprint density at radius 2 is 2.24 bits per heavy atom. The molecule has 92 valence electrons. The standard InChI is InChI=1S/C13H16FNO2/c1-2-13(6-7-13)8-15-12(17)11-9(14)4-3-5-10(11)16/h3-5,16H,2,6-8H2,1H3,(H,15,17). The van der Waals surface area contributed by atoms with Gasteiger partial charge in [-0.2, -0.15) is 0 Å². The lowest BCUT2D eigenvalue weighted by Gasteiger charge is -2.14. The maximum atomic E-state index is 13.4. The molecule has 2 rings (SSSR count). The van der Waals surface area contributed by atoms with Gasteiger partial charge in [-0.3, -0.25) is 4.79 Å². The summed E-state index contributed by atoms with van der Waals surface area (Å²) in [6.45, 7) is 2.63. The molecular formula is C13H16FNO2. The van der Waals surface area contributed by atoms with Crippen LogP contribution in [0.15, 0.2) is 18.2 Å². The molecule has 3 nitrogen and oxygen atoms in total. The van der Waals surface area contributed by atoms with Gasteiger partial charge in [-0.25, -0.2) is 4.39 Å². The van der Waals surface area contributed by atoms with E-state index in [0.717, 1.165) is 19.3 Å². The van der Waals surface area contributed by atoms with Crippen molar-refractivity contribution < 1.29 is 14.3 Å². The van der Waals surface area contributed by atoms with Crippen LogP contribution in [0, 0.1) is 11.2 Å². The molecule has 17 heavy (non-hydrogen) atoms. The second kappa shape index (κ2) is 4.35. The first kappa shape index (κ1) is 11.9. The number of hydrogen-bond acceptors (Lipinski definition) is 2. The molecule has 0 radical (unpaired) electrons. The maximum Gasteiger partial charge on any atom is 0.258 e. The van der Waals surface area contributed by atoms with Crippen molar-refractivity contribution in [1.82, 2.24) is 5.32 Å². The van der Waals surface area contributed by atoms with Crippen LogP contribution in [-0.4, -0.2) is 17.6 Å². The highest BCUT2D eigenvalue weighted by Gasteiger charge is 2.40. The van der Waals surface area contributed by atoms with Gasteiger partial charge in [0.05, 0.1) is 0 Å². The SMILES string of the molecule is CCC1(CNC(=O)c2c(O)cccc2F)CC1. The summed E-state index contributed by atoms with van der Waals surface area (Å²) in [5.41, 5.74) is -0.0595. The highest BCUT2D eigenvalue weighted by Crippen LogP contribution is 2.47. The number of phenols is 1. The van der Waals surface area contributed by atoms with E-state index in [9.17, 15) is 14.3 Å². The van der Waals surface area contributed by atoms with Gasteiger partial charge in [0.1, 0.15) is 17.1 Å². The van der Waals surface area contributed by atoms with Gasteiger partial charge >= 0.3 is 0 Å². The first-order valence-electron chi connectivity index (χ1n) is 5.84. The number of rotatable bonds is 4. The Bertz CT molecular complexity index is 421. The van der Waals surface area contributed by atoms with E-state index in [1.807, 2.05) is 0 Å². The summed E-state index contributed by atoms with van der Waals surface area (Å²) < 4.78 is 13.4. The predicted octanol–water partition coefficient (Wildman–Crippen LogP) is 2.45. The van der Waals surface area contributed by atoms with Crippen molar-refractivity contribution in [3.05, 3.63) is 29.6 Å². The Labute approximate surface area is 99.7 Å². The smallest absolute Gasteiger partial charge is 0.258 e. The van der Waals surface area contributed by atoms with Gasteiger partial charge in [0.2, 0.25) is 0 Å². The minimum atomic E-state index is -0.691. The zero-order chi connectivity index (χ0) is 12.5. The fraction of sp³-hybridized carbons (Fsp3) is 0.462. The number of aromatic hydroxyl groups is 1. The van der Waals surface area contributed by atoms with Crippen molar-refractivity contribution in [2.24, 2.45) is 5.41 Å². The van der Waals surface area contributed by atoms with Crippen LogP contribution in [0.2, 0.25) is 0 Å². The second-order valence-corrected chi connectivity index (χ2v) is 4.67. The molecule has 1 fully saturated rings. The van der Waals surface area contributed by atoms with Crippen molar-refractivity contribution in [2.75, 3.05) is 6.54 Å². The van der Waals surface area contributed by atoms with Crippen LogP contribution in [0.4, 0.5) is 4.39 Å². The van der Waals surface area contributed by atoms with E-state index in [1.54, 1.807) is 0 Å². The molecular weight excluding hydrogens is 221 g/mol. The Hall–Kier alpha value is -1.58. The Morgan fingerprint density at radius 1 is 1.53 bits per heavy atom. The van der Waals surface area contributed by atoms with Crippen LogP contribution in [0.25, 0.3) is 0 Å². The van der Waals surface area contributed by atoms with E-state index < -0.39 is 11.7 Å². The number of hydrogen-bond donors (Lipinski definition) is 2. The molecule has 0 heterocycles. The van der Waals surface area contributed by atoms with E-state index in [1.165, 1.54) is 18.2 Å². The van der Waals surface area contributed by atoms with E-state index in [0.29, 0.717) is 6.54 Å².